The van der Waals surface area contributed by atoms with Crippen LogP contribution in [0.4, 0.5) is 0 Å². The number of thioether (sulfide) groups is 2. The van der Waals surface area contributed by atoms with Gasteiger partial charge in [0.1, 0.15) is 17.1 Å². The van der Waals surface area contributed by atoms with E-state index < -0.39 is 40.9 Å². The number of carbonyl (C=O) groups is 4. The number of hydrogen-bond acceptors (Lipinski definition) is 10. The number of carbonyl (C=O) groups excluding carboxylic acids is 2. The molecule has 1 saturated heterocycles. The number of carboxylic acid groups (broad SMARTS) is 2. The number of β-lactam (4-membered cyclic amide) rings is 1. The molecular formula is C20H21N7O6S2. The Morgan fingerprint density at radius 3 is 2.57 bits per heavy atom. The highest BCUT2D eigenvalue weighted by Gasteiger charge is 2.54. The van der Waals surface area contributed by atoms with Crippen LogP contribution in [0.2, 0.25) is 0 Å². The van der Waals surface area contributed by atoms with Crippen molar-refractivity contribution in [1.29, 1.82) is 0 Å². The highest BCUT2D eigenvalue weighted by molar-refractivity contribution is 8.01. The highest BCUT2D eigenvalue weighted by atomic mass is 32.2. The fraction of sp³-hybridized carbons (Fsp3) is 0.350. The van der Waals surface area contributed by atoms with Crippen LogP contribution in [0.1, 0.15) is 17.5 Å². The third kappa shape index (κ3) is 5.31. The van der Waals surface area contributed by atoms with Crippen LogP contribution in [0.3, 0.4) is 0 Å². The fourth-order valence-electron chi connectivity index (χ4n) is 3.82. The second-order valence-electron chi connectivity index (χ2n) is 7.74. The lowest BCUT2D eigenvalue weighted by molar-refractivity contribution is -0.150. The molecule has 1 fully saturated rings. The first-order valence-electron chi connectivity index (χ1n) is 10.4. The van der Waals surface area contributed by atoms with Gasteiger partial charge in [0.2, 0.25) is 11.1 Å². The summed E-state index contributed by atoms with van der Waals surface area (Å²) in [6.07, 6.45) is -0.338. The zero-order valence-corrected chi connectivity index (χ0v) is 19.7. The third-order valence-electron chi connectivity index (χ3n) is 5.47. The Labute approximate surface area is 206 Å². The number of nitrogens with zero attached hydrogens (tertiary/aromatic N) is 4. The van der Waals surface area contributed by atoms with Gasteiger partial charge >= 0.3 is 11.9 Å². The molecule has 2 amide bonds. The summed E-state index contributed by atoms with van der Waals surface area (Å²) in [6, 6.07) is 6.33. The second kappa shape index (κ2) is 10.5. The molecule has 0 spiro atoms. The fourth-order valence-corrected chi connectivity index (χ4v) is 6.36. The molecule has 3 atom stereocenters. The van der Waals surface area contributed by atoms with Crippen LogP contribution in [-0.2, 0) is 32.1 Å². The molecule has 2 aliphatic heterocycles. The summed E-state index contributed by atoms with van der Waals surface area (Å²) in [7, 11) is 0. The molecule has 0 saturated carbocycles. The standard InChI is InChI=1S/C20H21N7O6S2/c21-7-10-3-1-9(2-4-10)5-13(28)22-15-17(31)27-16(19(32)33)11(8-34-18(15)27)12(6-14(29)30)35-20-23-25-26-24-20/h1-4,12,15,18H,5-8,21H2,(H,22,28)(H,29,30)(H,32,33)(H,23,24,25,26)/t12?,15?,18-/m0/s1. The molecule has 184 valence electrons. The molecular weight excluding hydrogens is 498 g/mol. The van der Waals surface area contributed by atoms with Crippen molar-refractivity contribution < 1.29 is 29.4 Å². The lowest BCUT2D eigenvalue weighted by Crippen LogP contribution is -2.70. The van der Waals surface area contributed by atoms with Gasteiger partial charge in [-0.05, 0) is 27.1 Å². The van der Waals surface area contributed by atoms with E-state index in [1.165, 1.54) is 11.8 Å². The summed E-state index contributed by atoms with van der Waals surface area (Å²) in [5, 5.41) is 33.9. The average molecular weight is 520 g/mol. The van der Waals surface area contributed by atoms with E-state index in [0.717, 1.165) is 27.8 Å². The van der Waals surface area contributed by atoms with E-state index in [0.29, 0.717) is 6.54 Å². The molecule has 4 rings (SSSR count). The van der Waals surface area contributed by atoms with Crippen LogP contribution in [0.15, 0.2) is 40.7 Å². The summed E-state index contributed by atoms with van der Waals surface area (Å²) in [6.45, 7) is 0.389. The van der Waals surface area contributed by atoms with Gasteiger partial charge in [0.15, 0.2) is 0 Å². The summed E-state index contributed by atoms with van der Waals surface area (Å²) in [5.74, 6) is -3.26. The summed E-state index contributed by atoms with van der Waals surface area (Å²) in [4.78, 5) is 50.2. The van der Waals surface area contributed by atoms with Crippen molar-refractivity contribution in [2.45, 2.75) is 41.2 Å². The van der Waals surface area contributed by atoms with E-state index >= 15 is 0 Å². The number of H-pyrrole nitrogens is 1. The van der Waals surface area contributed by atoms with Gasteiger partial charge in [0.25, 0.3) is 5.91 Å². The molecule has 0 aliphatic carbocycles. The molecule has 1 aromatic heterocycles. The smallest absolute Gasteiger partial charge is 0.352 e. The molecule has 13 nitrogen and oxygen atoms in total. The van der Waals surface area contributed by atoms with Crippen molar-refractivity contribution in [2.75, 3.05) is 5.75 Å². The van der Waals surface area contributed by atoms with Crippen molar-refractivity contribution in [3.8, 4) is 0 Å². The Bertz CT molecular complexity index is 1170. The zero-order valence-electron chi connectivity index (χ0n) is 18.1. The van der Waals surface area contributed by atoms with Gasteiger partial charge < -0.3 is 21.3 Å². The molecule has 0 radical (unpaired) electrons. The minimum Gasteiger partial charge on any atom is -0.481 e. The van der Waals surface area contributed by atoms with E-state index in [1.807, 2.05) is 12.1 Å². The molecule has 1 aromatic carbocycles. The Morgan fingerprint density at radius 1 is 1.26 bits per heavy atom. The summed E-state index contributed by atoms with van der Waals surface area (Å²) in [5.41, 5.74) is 7.27. The minimum atomic E-state index is -1.35. The van der Waals surface area contributed by atoms with Gasteiger partial charge in [-0.2, -0.15) is 0 Å². The van der Waals surface area contributed by atoms with Crippen molar-refractivity contribution >= 4 is 47.3 Å². The van der Waals surface area contributed by atoms with Gasteiger partial charge in [0.05, 0.1) is 12.8 Å². The Hall–Kier alpha value is -3.43. The second-order valence-corrected chi connectivity index (χ2v) is 10.0. The molecule has 6 N–H and O–H groups in total. The zero-order chi connectivity index (χ0) is 25.1. The monoisotopic (exact) mass is 519 g/mol. The Balaban J connectivity index is 1.50. The average Bonchev–Trinajstić information content (AvgIpc) is 3.34. The number of aromatic nitrogens is 4. The minimum absolute atomic E-state index is 0.0570. The van der Waals surface area contributed by atoms with E-state index in [2.05, 4.69) is 25.9 Å². The Morgan fingerprint density at radius 2 is 1.97 bits per heavy atom. The maximum absolute atomic E-state index is 12.9. The van der Waals surface area contributed by atoms with E-state index in [-0.39, 0.29) is 34.5 Å². The number of tetrazole rings is 1. The normalized spacial score (nSPS) is 20.1. The number of benzene rings is 1. The van der Waals surface area contributed by atoms with Crippen LogP contribution < -0.4 is 11.1 Å². The quantitative estimate of drug-likeness (QED) is 0.200. The number of fused-ring (bicyclic) bond motifs is 1. The SMILES string of the molecule is NCc1ccc(CC(=O)NC2C(=O)N3C(C(=O)O)=C(C(CC(=O)O)Sc4nnn[nH]4)CS[C@@H]23)cc1. The van der Waals surface area contributed by atoms with E-state index in [4.69, 9.17) is 5.73 Å². The molecule has 15 heteroatoms. The van der Waals surface area contributed by atoms with Gasteiger partial charge in [-0.15, -0.1) is 16.9 Å². The molecule has 3 heterocycles. The van der Waals surface area contributed by atoms with Crippen LogP contribution >= 0.6 is 23.5 Å². The number of nitrogens with two attached hydrogens (primary N) is 1. The molecule has 2 aromatic rings. The van der Waals surface area contributed by atoms with E-state index in [1.54, 1.807) is 12.1 Å². The summed E-state index contributed by atoms with van der Waals surface area (Å²) < 4.78 is 0. The number of rotatable bonds is 10. The topological polar surface area (TPSA) is 204 Å². The maximum atomic E-state index is 12.9. The third-order valence-corrected chi connectivity index (χ3v) is 7.90. The first kappa shape index (κ1) is 24.7. The molecule has 2 unspecified atom stereocenters. The highest BCUT2D eigenvalue weighted by Crippen LogP contribution is 2.44. The van der Waals surface area contributed by atoms with Crippen LogP contribution in [0, 0.1) is 0 Å². The first-order valence-corrected chi connectivity index (χ1v) is 12.3. The lowest BCUT2D eigenvalue weighted by atomic mass is 10.00. The van der Waals surface area contributed by atoms with Crippen LogP contribution in [0.5, 0.6) is 0 Å². The van der Waals surface area contributed by atoms with Gasteiger partial charge in [0, 0.05) is 17.5 Å². The van der Waals surface area contributed by atoms with Crippen molar-refractivity contribution in [3.05, 3.63) is 46.7 Å². The van der Waals surface area contributed by atoms with Crippen LogP contribution in [0.25, 0.3) is 0 Å². The van der Waals surface area contributed by atoms with Gasteiger partial charge in [-0.1, -0.05) is 36.0 Å². The number of aliphatic carboxylic acids is 2. The summed E-state index contributed by atoms with van der Waals surface area (Å²) >= 11 is 2.24. The number of hydrogen-bond donors (Lipinski definition) is 5. The molecule has 0 bridgehead atoms. The first-order chi connectivity index (χ1) is 16.8. The molecule has 35 heavy (non-hydrogen) atoms. The number of amides is 2. The Kier molecular flexibility index (Phi) is 7.37. The molecule has 2 aliphatic rings. The maximum Gasteiger partial charge on any atom is 0.352 e. The van der Waals surface area contributed by atoms with Crippen molar-refractivity contribution in [1.82, 2.24) is 30.8 Å². The predicted octanol–water partition coefficient (Wildman–Crippen LogP) is -0.425. The van der Waals surface area contributed by atoms with Gasteiger partial charge in [-0.3, -0.25) is 19.3 Å². The number of nitrogens with one attached hydrogen (secondary N) is 2. The van der Waals surface area contributed by atoms with Crippen molar-refractivity contribution in [2.24, 2.45) is 5.73 Å². The van der Waals surface area contributed by atoms with Gasteiger partial charge in [-0.25, -0.2) is 9.89 Å². The van der Waals surface area contributed by atoms with Crippen LogP contribution in [-0.4, -0.2) is 81.9 Å². The largest absolute Gasteiger partial charge is 0.481 e. The number of carboxylic acids is 2. The van der Waals surface area contributed by atoms with Crippen molar-refractivity contribution in [3.63, 3.8) is 0 Å². The predicted molar refractivity (Wildman–Crippen MR) is 124 cm³/mol. The lowest BCUT2D eigenvalue weighted by Gasteiger charge is -2.50. The van der Waals surface area contributed by atoms with E-state index in [9.17, 15) is 29.4 Å². The number of aromatic amines is 1.